The summed E-state index contributed by atoms with van der Waals surface area (Å²) in [5, 5.41) is 2.49. The van der Waals surface area contributed by atoms with Gasteiger partial charge in [-0.15, -0.1) is 0 Å². The Morgan fingerprint density at radius 2 is 2.44 bits per heavy atom. The minimum atomic E-state index is -0.162. The molecule has 0 aliphatic carbocycles. The number of carbonyl (C=O) groups excluding carboxylic acids is 1. The Morgan fingerprint density at radius 1 is 1.62 bits per heavy atom. The Bertz CT molecular complexity index is 334. The summed E-state index contributed by atoms with van der Waals surface area (Å²) >= 11 is 6.56. The average molecular weight is 325 g/mol. The first-order valence-corrected chi connectivity index (χ1v) is 7.52. The number of aromatic nitrogens is 2. The van der Waals surface area contributed by atoms with E-state index < -0.39 is 0 Å². The molecule has 0 aliphatic heterocycles. The first-order chi connectivity index (χ1) is 7.74. The van der Waals surface area contributed by atoms with Crippen molar-refractivity contribution >= 4 is 45.7 Å². The molecule has 5 nitrogen and oxygen atoms in total. The summed E-state index contributed by atoms with van der Waals surface area (Å²) in [5.74, 6) is 2.71. The number of amides is 2. The quantitative estimate of drug-likeness (QED) is 0.553. The largest absolute Gasteiger partial charge is 0.341 e. The molecule has 1 rings (SSSR count). The van der Waals surface area contributed by atoms with Crippen molar-refractivity contribution in [1.82, 2.24) is 20.0 Å². The van der Waals surface area contributed by atoms with Crippen LogP contribution >= 0.6 is 39.6 Å². The van der Waals surface area contributed by atoms with Gasteiger partial charge in [0.2, 0.25) is 0 Å². The molecule has 0 bridgehead atoms. The van der Waals surface area contributed by atoms with Gasteiger partial charge in [-0.25, -0.2) is 9.78 Å². The van der Waals surface area contributed by atoms with Gasteiger partial charge in [-0.1, -0.05) is 0 Å². The van der Waals surface area contributed by atoms with E-state index in [2.05, 4.69) is 35.9 Å². The molecular weight excluding hydrogens is 312 g/mol. The number of H-pyrrole nitrogens is 1. The minimum Gasteiger partial charge on any atom is -0.341 e. The van der Waals surface area contributed by atoms with E-state index in [9.17, 15) is 4.79 Å². The summed E-state index contributed by atoms with van der Waals surface area (Å²) in [6.07, 6.45) is 1.67. The van der Waals surface area contributed by atoms with E-state index >= 15 is 0 Å². The number of urea groups is 1. The van der Waals surface area contributed by atoms with Crippen LogP contribution in [0.1, 0.15) is 5.69 Å². The van der Waals surface area contributed by atoms with Crippen molar-refractivity contribution < 1.29 is 4.79 Å². The number of hydrogen-bond donors (Lipinski definition) is 3. The van der Waals surface area contributed by atoms with Crippen molar-refractivity contribution in [3.05, 3.63) is 16.6 Å². The van der Waals surface area contributed by atoms with Crippen LogP contribution in [0.3, 0.4) is 0 Å². The number of imidazole rings is 1. The molecular formula is C8H13BrN4OS2. The van der Waals surface area contributed by atoms with Gasteiger partial charge in [0, 0.05) is 24.3 Å². The van der Waals surface area contributed by atoms with Gasteiger partial charge in [0.15, 0.2) is 0 Å². The van der Waals surface area contributed by atoms with Crippen LogP contribution in [0.5, 0.6) is 0 Å². The van der Waals surface area contributed by atoms with Crippen molar-refractivity contribution in [2.75, 3.05) is 18.6 Å². The van der Waals surface area contributed by atoms with Crippen LogP contribution in [0.15, 0.2) is 10.9 Å². The predicted octanol–water partition coefficient (Wildman–Crippen LogP) is 1.98. The first-order valence-electron chi connectivity index (χ1n) is 4.59. The number of carbonyl (C=O) groups is 1. The maximum Gasteiger partial charge on any atom is 0.324 e. The normalized spacial score (nSPS) is 10.1. The standard InChI is InChI=1S/C8H13BrN4OS2/c1-10-8(14)13-16-3-2-15-4-6-7(9)12-5-11-6/h5H,2-4H2,1H3,(H,11,12)(H2,10,13,14). The van der Waals surface area contributed by atoms with Gasteiger partial charge in [-0.05, 0) is 27.9 Å². The fraction of sp³-hybridized carbons (Fsp3) is 0.500. The molecule has 0 saturated heterocycles. The number of thioether (sulfide) groups is 1. The van der Waals surface area contributed by atoms with E-state index in [0.717, 1.165) is 27.6 Å². The monoisotopic (exact) mass is 324 g/mol. The number of rotatable bonds is 6. The number of nitrogens with one attached hydrogen (secondary N) is 3. The van der Waals surface area contributed by atoms with Gasteiger partial charge in [-0.3, -0.25) is 4.72 Å². The molecule has 0 aromatic carbocycles. The van der Waals surface area contributed by atoms with Crippen molar-refractivity contribution in [3.8, 4) is 0 Å². The van der Waals surface area contributed by atoms with E-state index in [0.29, 0.717) is 0 Å². The van der Waals surface area contributed by atoms with Gasteiger partial charge in [0.1, 0.15) is 4.60 Å². The Balaban J connectivity index is 2.00. The maximum atomic E-state index is 10.8. The molecule has 1 heterocycles. The van der Waals surface area contributed by atoms with Crippen molar-refractivity contribution in [1.29, 1.82) is 0 Å². The molecule has 0 atom stereocenters. The third-order valence-corrected chi connectivity index (χ3v) is 4.28. The van der Waals surface area contributed by atoms with E-state index in [1.165, 1.54) is 11.9 Å². The summed E-state index contributed by atoms with van der Waals surface area (Å²) < 4.78 is 3.60. The molecule has 0 saturated carbocycles. The summed E-state index contributed by atoms with van der Waals surface area (Å²) in [6, 6.07) is -0.162. The zero-order valence-corrected chi connectivity index (χ0v) is 12.0. The van der Waals surface area contributed by atoms with Crippen LogP contribution in [-0.4, -0.2) is 34.6 Å². The molecule has 16 heavy (non-hydrogen) atoms. The lowest BCUT2D eigenvalue weighted by Crippen LogP contribution is -2.27. The van der Waals surface area contributed by atoms with Gasteiger partial charge >= 0.3 is 6.03 Å². The number of halogens is 1. The Hall–Kier alpha value is -0.340. The van der Waals surface area contributed by atoms with Gasteiger partial charge < -0.3 is 10.3 Å². The van der Waals surface area contributed by atoms with Crippen molar-refractivity contribution in [2.24, 2.45) is 0 Å². The molecule has 0 aliphatic rings. The lowest BCUT2D eigenvalue weighted by atomic mass is 10.6. The fourth-order valence-corrected chi connectivity index (χ4v) is 3.07. The van der Waals surface area contributed by atoms with Crippen LogP contribution in [0, 0.1) is 0 Å². The summed E-state index contributed by atoms with van der Waals surface area (Å²) in [5.41, 5.74) is 1.02. The third-order valence-electron chi connectivity index (χ3n) is 1.63. The van der Waals surface area contributed by atoms with Crippen LogP contribution in [0.2, 0.25) is 0 Å². The highest BCUT2D eigenvalue weighted by molar-refractivity contribution is 9.10. The van der Waals surface area contributed by atoms with Crippen molar-refractivity contribution in [2.45, 2.75) is 5.75 Å². The third kappa shape index (κ3) is 5.13. The Kier molecular flexibility index (Phi) is 6.74. The molecule has 0 fully saturated rings. The number of aromatic amines is 1. The van der Waals surface area contributed by atoms with E-state index in [4.69, 9.17) is 0 Å². The van der Waals surface area contributed by atoms with Crippen LogP contribution in [-0.2, 0) is 5.75 Å². The number of nitrogens with zero attached hydrogens (tertiary/aromatic N) is 1. The van der Waals surface area contributed by atoms with Crippen LogP contribution < -0.4 is 10.0 Å². The van der Waals surface area contributed by atoms with E-state index in [1.807, 2.05) is 0 Å². The highest BCUT2D eigenvalue weighted by Crippen LogP contribution is 2.17. The smallest absolute Gasteiger partial charge is 0.324 e. The second-order valence-electron chi connectivity index (χ2n) is 2.75. The molecule has 90 valence electrons. The van der Waals surface area contributed by atoms with E-state index in [1.54, 1.807) is 25.1 Å². The summed E-state index contributed by atoms with van der Waals surface area (Å²) in [6.45, 7) is 0. The van der Waals surface area contributed by atoms with Crippen molar-refractivity contribution in [3.63, 3.8) is 0 Å². The molecule has 1 aromatic heterocycles. The summed E-state index contributed by atoms with van der Waals surface area (Å²) in [4.78, 5) is 17.9. The molecule has 0 radical (unpaired) electrons. The van der Waals surface area contributed by atoms with Crippen LogP contribution in [0.25, 0.3) is 0 Å². The van der Waals surface area contributed by atoms with E-state index in [-0.39, 0.29) is 6.03 Å². The molecule has 3 N–H and O–H groups in total. The highest BCUT2D eigenvalue weighted by atomic mass is 79.9. The van der Waals surface area contributed by atoms with Gasteiger partial charge in [-0.2, -0.15) is 11.8 Å². The molecule has 8 heteroatoms. The Morgan fingerprint density at radius 3 is 3.06 bits per heavy atom. The minimum absolute atomic E-state index is 0.162. The molecule has 0 spiro atoms. The molecule has 1 aromatic rings. The fourth-order valence-electron chi connectivity index (χ4n) is 0.845. The lowest BCUT2D eigenvalue weighted by molar-refractivity contribution is 0.248. The molecule has 2 amide bonds. The van der Waals surface area contributed by atoms with Gasteiger partial charge in [0.25, 0.3) is 0 Å². The maximum absolute atomic E-state index is 10.8. The number of hydrogen-bond acceptors (Lipinski definition) is 4. The predicted molar refractivity (Wildman–Crippen MR) is 72.5 cm³/mol. The zero-order chi connectivity index (χ0) is 11.8. The molecule has 0 unspecified atom stereocenters. The average Bonchev–Trinajstić information content (AvgIpc) is 2.69. The van der Waals surface area contributed by atoms with Gasteiger partial charge in [0.05, 0.1) is 12.0 Å². The second-order valence-corrected chi connectivity index (χ2v) is 5.54. The lowest BCUT2D eigenvalue weighted by Gasteiger charge is -2.02. The Labute approximate surface area is 111 Å². The zero-order valence-electron chi connectivity index (χ0n) is 8.75. The SMILES string of the molecule is CNC(=O)NSCCSCc1nc[nH]c1Br. The highest BCUT2D eigenvalue weighted by Gasteiger charge is 2.02. The second kappa shape index (κ2) is 7.86. The first kappa shape index (κ1) is 13.7. The van der Waals surface area contributed by atoms with Crippen LogP contribution in [0.4, 0.5) is 4.79 Å². The summed E-state index contributed by atoms with van der Waals surface area (Å²) in [7, 11) is 1.60. The topological polar surface area (TPSA) is 69.8 Å².